The van der Waals surface area contributed by atoms with Crippen molar-refractivity contribution >= 4 is 55.0 Å². The van der Waals surface area contributed by atoms with Gasteiger partial charge in [-0.05, 0) is 56.1 Å². The third-order valence-electron chi connectivity index (χ3n) is 1.93. The number of benzene rings is 1. The number of hydrogen-bond donors (Lipinski definition) is 1. The van der Waals surface area contributed by atoms with Gasteiger partial charge in [0.25, 0.3) is 0 Å². The molecule has 0 aliphatic heterocycles. The van der Waals surface area contributed by atoms with Crippen LogP contribution in [0.2, 0.25) is 5.02 Å². The molecular weight excluding hydrogens is 355 g/mol. The molecule has 0 spiro atoms. The molecular formula is C11H7Br2ClN2. The van der Waals surface area contributed by atoms with Gasteiger partial charge < -0.3 is 5.32 Å². The van der Waals surface area contributed by atoms with E-state index in [1.165, 1.54) is 0 Å². The van der Waals surface area contributed by atoms with Gasteiger partial charge in [-0.3, -0.25) is 0 Å². The molecule has 0 aliphatic rings. The smallest absolute Gasteiger partial charge is 0.131 e. The number of rotatable bonds is 2. The average Bonchev–Trinajstić information content (AvgIpc) is 2.25. The maximum Gasteiger partial charge on any atom is 0.131 e. The zero-order chi connectivity index (χ0) is 11.5. The molecule has 0 amide bonds. The number of anilines is 2. The Hall–Kier alpha value is -0.580. The molecule has 0 fully saturated rings. The van der Waals surface area contributed by atoms with Crippen LogP contribution in [-0.4, -0.2) is 4.98 Å². The molecule has 0 saturated carbocycles. The second-order valence-corrected chi connectivity index (χ2v) is 5.08. The predicted octanol–water partition coefficient (Wildman–Crippen LogP) is 5.00. The Morgan fingerprint density at radius 3 is 2.56 bits per heavy atom. The summed E-state index contributed by atoms with van der Waals surface area (Å²) >= 11 is 12.7. The van der Waals surface area contributed by atoms with Gasteiger partial charge in [0, 0.05) is 0 Å². The maximum absolute atomic E-state index is 5.99. The minimum absolute atomic E-state index is 0.667. The van der Waals surface area contributed by atoms with E-state index >= 15 is 0 Å². The summed E-state index contributed by atoms with van der Waals surface area (Å²) in [6.45, 7) is 0. The Bertz CT molecular complexity index is 517. The number of pyridine rings is 1. The monoisotopic (exact) mass is 360 g/mol. The Labute approximate surface area is 115 Å². The summed E-state index contributed by atoms with van der Waals surface area (Å²) in [5, 5.41) is 3.85. The Balaban J connectivity index is 2.31. The van der Waals surface area contributed by atoms with Crippen LogP contribution >= 0.6 is 43.5 Å². The fraction of sp³-hybridized carbons (Fsp3) is 0. The first-order chi connectivity index (χ1) is 7.66. The lowest BCUT2D eigenvalue weighted by Crippen LogP contribution is -1.94. The maximum atomic E-state index is 5.99. The summed E-state index contributed by atoms with van der Waals surface area (Å²) in [4.78, 5) is 4.28. The lowest BCUT2D eigenvalue weighted by atomic mass is 10.3. The molecule has 2 nitrogen and oxygen atoms in total. The predicted molar refractivity (Wildman–Crippen MR) is 74.4 cm³/mol. The lowest BCUT2D eigenvalue weighted by molar-refractivity contribution is 1.26. The lowest BCUT2D eigenvalue weighted by Gasteiger charge is -2.08. The fourth-order valence-corrected chi connectivity index (χ4v) is 2.10. The standard InChI is InChI=1S/C11H7Br2ClN2/c12-9-5-2-6-10(16-9)15-8-4-1-3-7(14)11(8)13/h1-6H,(H,15,16). The van der Waals surface area contributed by atoms with Crippen LogP contribution < -0.4 is 5.32 Å². The Kier molecular flexibility index (Phi) is 3.84. The van der Waals surface area contributed by atoms with Crippen molar-refractivity contribution in [3.05, 3.63) is 50.5 Å². The van der Waals surface area contributed by atoms with E-state index < -0.39 is 0 Å². The molecule has 0 bridgehead atoms. The van der Waals surface area contributed by atoms with Gasteiger partial charge in [-0.2, -0.15) is 0 Å². The van der Waals surface area contributed by atoms with Crippen LogP contribution in [0.15, 0.2) is 45.5 Å². The first kappa shape index (κ1) is 11.9. The molecule has 0 atom stereocenters. The summed E-state index contributed by atoms with van der Waals surface area (Å²) in [6, 6.07) is 11.3. The molecule has 0 aliphatic carbocycles. The zero-order valence-electron chi connectivity index (χ0n) is 8.05. The number of halogens is 3. The van der Waals surface area contributed by atoms with Gasteiger partial charge in [0.05, 0.1) is 15.2 Å². The van der Waals surface area contributed by atoms with E-state index in [2.05, 4.69) is 42.2 Å². The van der Waals surface area contributed by atoms with Crippen molar-refractivity contribution in [2.45, 2.75) is 0 Å². The van der Waals surface area contributed by atoms with Crippen molar-refractivity contribution in [1.29, 1.82) is 0 Å². The molecule has 5 heteroatoms. The van der Waals surface area contributed by atoms with E-state index in [1.54, 1.807) is 0 Å². The average molecular weight is 362 g/mol. The SMILES string of the molecule is Clc1cccc(Nc2cccc(Br)n2)c1Br. The van der Waals surface area contributed by atoms with Gasteiger partial charge in [0.1, 0.15) is 10.4 Å². The number of nitrogens with zero attached hydrogens (tertiary/aromatic N) is 1. The van der Waals surface area contributed by atoms with Gasteiger partial charge in [0.2, 0.25) is 0 Å². The normalized spacial score (nSPS) is 10.2. The fourth-order valence-electron chi connectivity index (χ4n) is 1.22. The zero-order valence-corrected chi connectivity index (χ0v) is 12.0. The Morgan fingerprint density at radius 1 is 1.06 bits per heavy atom. The van der Waals surface area contributed by atoms with Crippen molar-refractivity contribution in [1.82, 2.24) is 4.98 Å². The second kappa shape index (κ2) is 5.17. The summed E-state index contributed by atoms with van der Waals surface area (Å²) in [6.07, 6.45) is 0. The van der Waals surface area contributed by atoms with Gasteiger partial charge >= 0.3 is 0 Å². The summed E-state index contributed by atoms with van der Waals surface area (Å²) in [5.41, 5.74) is 0.887. The number of hydrogen-bond acceptors (Lipinski definition) is 2. The highest BCUT2D eigenvalue weighted by Gasteiger charge is 2.04. The second-order valence-electron chi connectivity index (χ2n) is 3.07. The molecule has 2 rings (SSSR count). The van der Waals surface area contributed by atoms with Gasteiger partial charge in [-0.15, -0.1) is 0 Å². The van der Waals surface area contributed by atoms with E-state index in [4.69, 9.17) is 11.6 Å². The highest BCUT2D eigenvalue weighted by molar-refractivity contribution is 9.10. The third-order valence-corrected chi connectivity index (χ3v) is 3.77. The van der Waals surface area contributed by atoms with Crippen LogP contribution in [-0.2, 0) is 0 Å². The topological polar surface area (TPSA) is 24.9 Å². The van der Waals surface area contributed by atoms with Crippen molar-refractivity contribution in [2.24, 2.45) is 0 Å². The minimum atomic E-state index is 0.667. The first-order valence-electron chi connectivity index (χ1n) is 4.50. The quantitative estimate of drug-likeness (QED) is 0.760. The van der Waals surface area contributed by atoms with Crippen molar-refractivity contribution in [3.63, 3.8) is 0 Å². The summed E-state index contributed by atoms with van der Waals surface area (Å²) in [5.74, 6) is 0.761. The molecule has 0 radical (unpaired) electrons. The molecule has 0 unspecified atom stereocenters. The van der Waals surface area contributed by atoms with Gasteiger partial charge in [0.15, 0.2) is 0 Å². The van der Waals surface area contributed by atoms with Crippen molar-refractivity contribution in [3.8, 4) is 0 Å². The van der Waals surface area contributed by atoms with Crippen LogP contribution in [0, 0.1) is 0 Å². The molecule has 1 aromatic carbocycles. The van der Waals surface area contributed by atoms with Gasteiger partial charge in [-0.25, -0.2) is 4.98 Å². The highest BCUT2D eigenvalue weighted by Crippen LogP contribution is 2.31. The minimum Gasteiger partial charge on any atom is -0.339 e. The van der Waals surface area contributed by atoms with E-state index in [-0.39, 0.29) is 0 Å². The van der Waals surface area contributed by atoms with Crippen LogP contribution in [0.3, 0.4) is 0 Å². The van der Waals surface area contributed by atoms with Gasteiger partial charge in [-0.1, -0.05) is 23.7 Å². The van der Waals surface area contributed by atoms with E-state index in [1.807, 2.05) is 36.4 Å². The molecule has 1 heterocycles. The highest BCUT2D eigenvalue weighted by atomic mass is 79.9. The van der Waals surface area contributed by atoms with Crippen molar-refractivity contribution < 1.29 is 0 Å². The molecule has 0 saturated heterocycles. The molecule has 1 aromatic heterocycles. The molecule has 1 N–H and O–H groups in total. The van der Waals surface area contributed by atoms with Crippen LogP contribution in [0.25, 0.3) is 0 Å². The largest absolute Gasteiger partial charge is 0.339 e. The van der Waals surface area contributed by atoms with Crippen molar-refractivity contribution in [2.75, 3.05) is 5.32 Å². The van der Waals surface area contributed by atoms with E-state index in [9.17, 15) is 0 Å². The number of aromatic nitrogens is 1. The van der Waals surface area contributed by atoms with E-state index in [0.29, 0.717) is 5.02 Å². The van der Waals surface area contributed by atoms with Crippen LogP contribution in [0.5, 0.6) is 0 Å². The first-order valence-corrected chi connectivity index (χ1v) is 6.47. The summed E-state index contributed by atoms with van der Waals surface area (Å²) in [7, 11) is 0. The summed E-state index contributed by atoms with van der Waals surface area (Å²) < 4.78 is 1.62. The van der Waals surface area contributed by atoms with Crippen LogP contribution in [0.4, 0.5) is 11.5 Å². The Morgan fingerprint density at radius 2 is 1.81 bits per heavy atom. The third kappa shape index (κ3) is 2.75. The number of nitrogens with one attached hydrogen (secondary N) is 1. The molecule has 16 heavy (non-hydrogen) atoms. The van der Waals surface area contributed by atoms with E-state index in [0.717, 1.165) is 20.6 Å². The molecule has 2 aromatic rings. The molecule has 82 valence electrons. The van der Waals surface area contributed by atoms with Crippen LogP contribution in [0.1, 0.15) is 0 Å².